The molecule has 0 unspecified atom stereocenters. The van der Waals surface area contributed by atoms with Crippen LogP contribution in [0.2, 0.25) is 0 Å². The third-order valence-corrected chi connectivity index (χ3v) is 3.60. The average Bonchev–Trinajstić information content (AvgIpc) is 2.81. The molecule has 0 N–H and O–H groups in total. The van der Waals surface area contributed by atoms with Gasteiger partial charge in [0.2, 0.25) is 0 Å². The fraction of sp³-hybridized carbons (Fsp3) is 0.500. The largest absolute Gasteiger partial charge is 0.492 e. The molecule has 1 saturated heterocycles. The standard InChI is InChI=1S/C14H15F3N2OS/c1-19-4-2-3-12(19)8-20-13-6-10(14(15,16)17)5-11(7-13)18-9-21/h5-7,12H,2-4,8H2,1H3/t12-/m1/s1. The first-order chi connectivity index (χ1) is 9.90. The molecule has 1 aliphatic rings. The van der Waals surface area contributed by atoms with Crippen LogP contribution in [-0.2, 0) is 6.18 Å². The molecule has 2 rings (SSSR count). The molecule has 1 aromatic carbocycles. The molecule has 1 aromatic rings. The minimum absolute atomic E-state index is 0.0922. The molecule has 0 aliphatic carbocycles. The van der Waals surface area contributed by atoms with Gasteiger partial charge in [-0.05, 0) is 50.8 Å². The van der Waals surface area contributed by atoms with Gasteiger partial charge in [-0.3, -0.25) is 0 Å². The quantitative estimate of drug-likeness (QED) is 0.622. The Bertz CT molecular complexity index is 556. The van der Waals surface area contributed by atoms with E-state index in [1.807, 2.05) is 7.05 Å². The Balaban J connectivity index is 2.17. The Morgan fingerprint density at radius 3 is 2.76 bits per heavy atom. The van der Waals surface area contributed by atoms with Crippen molar-refractivity contribution in [2.24, 2.45) is 4.99 Å². The van der Waals surface area contributed by atoms with E-state index in [0.29, 0.717) is 6.61 Å². The van der Waals surface area contributed by atoms with Crippen LogP contribution in [0.4, 0.5) is 18.9 Å². The molecule has 0 spiro atoms. The van der Waals surface area contributed by atoms with Gasteiger partial charge in [-0.15, -0.1) is 0 Å². The van der Waals surface area contributed by atoms with Crippen LogP contribution in [0.3, 0.4) is 0 Å². The topological polar surface area (TPSA) is 24.8 Å². The van der Waals surface area contributed by atoms with Crippen LogP contribution in [0.5, 0.6) is 5.75 Å². The lowest BCUT2D eigenvalue weighted by Gasteiger charge is -2.20. The Morgan fingerprint density at radius 1 is 1.43 bits per heavy atom. The molecule has 0 saturated carbocycles. The van der Waals surface area contributed by atoms with Crippen molar-refractivity contribution in [1.82, 2.24) is 4.90 Å². The predicted octanol–water partition coefficient (Wildman–Crippen LogP) is 3.91. The van der Waals surface area contributed by atoms with E-state index >= 15 is 0 Å². The van der Waals surface area contributed by atoms with Crippen LogP contribution in [0.1, 0.15) is 18.4 Å². The molecule has 0 aromatic heterocycles. The highest BCUT2D eigenvalue weighted by Crippen LogP contribution is 2.35. The van der Waals surface area contributed by atoms with E-state index in [2.05, 4.69) is 27.3 Å². The van der Waals surface area contributed by atoms with Crippen LogP contribution in [0, 0.1) is 0 Å². The molecule has 1 aliphatic heterocycles. The van der Waals surface area contributed by atoms with Crippen LogP contribution in [0.15, 0.2) is 23.2 Å². The Morgan fingerprint density at radius 2 is 2.19 bits per heavy atom. The zero-order valence-electron chi connectivity index (χ0n) is 11.5. The second-order valence-corrected chi connectivity index (χ2v) is 5.19. The van der Waals surface area contributed by atoms with Crippen molar-refractivity contribution < 1.29 is 17.9 Å². The summed E-state index contributed by atoms with van der Waals surface area (Å²) in [5, 5.41) is 2.07. The van der Waals surface area contributed by atoms with E-state index in [9.17, 15) is 13.2 Å². The van der Waals surface area contributed by atoms with Gasteiger partial charge in [0, 0.05) is 12.1 Å². The second kappa shape index (κ2) is 6.56. The van der Waals surface area contributed by atoms with Crippen molar-refractivity contribution in [1.29, 1.82) is 0 Å². The maximum atomic E-state index is 12.8. The summed E-state index contributed by atoms with van der Waals surface area (Å²) in [7, 11) is 1.98. The Hall–Kier alpha value is -1.43. The van der Waals surface area contributed by atoms with Crippen molar-refractivity contribution in [3.8, 4) is 5.75 Å². The van der Waals surface area contributed by atoms with E-state index in [1.165, 1.54) is 6.07 Å². The summed E-state index contributed by atoms with van der Waals surface area (Å²) in [6.45, 7) is 1.34. The summed E-state index contributed by atoms with van der Waals surface area (Å²) in [5.74, 6) is 0.147. The summed E-state index contributed by atoms with van der Waals surface area (Å²) in [6.07, 6.45) is -2.39. The van der Waals surface area contributed by atoms with E-state index in [0.717, 1.165) is 31.5 Å². The normalized spacial score (nSPS) is 19.3. The summed E-state index contributed by atoms with van der Waals surface area (Å²) < 4.78 is 44.0. The minimum atomic E-state index is -4.45. The average molecular weight is 316 g/mol. The number of rotatable bonds is 4. The lowest BCUT2D eigenvalue weighted by molar-refractivity contribution is -0.137. The molecule has 7 heteroatoms. The van der Waals surface area contributed by atoms with Gasteiger partial charge < -0.3 is 9.64 Å². The maximum Gasteiger partial charge on any atom is 0.416 e. The van der Waals surface area contributed by atoms with Crippen molar-refractivity contribution in [2.75, 3.05) is 20.2 Å². The number of aliphatic imine (C=N–C) groups is 1. The first kappa shape index (κ1) is 15.9. The number of ether oxygens (including phenoxy) is 1. The van der Waals surface area contributed by atoms with Crippen LogP contribution in [0.25, 0.3) is 0 Å². The molecule has 21 heavy (non-hydrogen) atoms. The summed E-state index contributed by atoms with van der Waals surface area (Å²) in [6, 6.07) is 3.58. The first-order valence-corrected chi connectivity index (χ1v) is 6.94. The third-order valence-electron chi connectivity index (χ3n) is 3.51. The zero-order chi connectivity index (χ0) is 15.5. The number of nitrogens with zero attached hydrogens (tertiary/aromatic N) is 2. The first-order valence-electron chi connectivity index (χ1n) is 6.53. The highest BCUT2D eigenvalue weighted by Gasteiger charge is 2.31. The fourth-order valence-corrected chi connectivity index (χ4v) is 2.44. The molecule has 114 valence electrons. The lowest BCUT2D eigenvalue weighted by atomic mass is 10.2. The van der Waals surface area contributed by atoms with Crippen molar-refractivity contribution in [2.45, 2.75) is 25.1 Å². The minimum Gasteiger partial charge on any atom is -0.492 e. The molecule has 1 heterocycles. The lowest BCUT2D eigenvalue weighted by Crippen LogP contribution is -2.30. The number of isothiocyanates is 1. The SMILES string of the molecule is CN1CCC[C@@H]1COc1cc(N=C=S)cc(C(F)(F)F)c1. The van der Waals surface area contributed by atoms with Crippen LogP contribution in [-0.4, -0.2) is 36.3 Å². The van der Waals surface area contributed by atoms with Gasteiger partial charge in [-0.2, -0.15) is 18.2 Å². The van der Waals surface area contributed by atoms with E-state index in [1.54, 1.807) is 0 Å². The van der Waals surface area contributed by atoms with Gasteiger partial charge in [-0.1, -0.05) is 0 Å². The molecule has 1 fully saturated rings. The molecular formula is C14H15F3N2OS. The van der Waals surface area contributed by atoms with Crippen molar-refractivity contribution >= 4 is 23.1 Å². The fourth-order valence-electron chi connectivity index (χ4n) is 2.33. The second-order valence-electron chi connectivity index (χ2n) is 5.00. The van der Waals surface area contributed by atoms with Crippen LogP contribution < -0.4 is 4.74 Å². The predicted molar refractivity (Wildman–Crippen MR) is 77.3 cm³/mol. The van der Waals surface area contributed by atoms with E-state index in [-0.39, 0.29) is 17.5 Å². The molecular weight excluding hydrogens is 301 g/mol. The molecule has 0 amide bonds. The van der Waals surface area contributed by atoms with E-state index < -0.39 is 11.7 Å². The number of halogens is 3. The third kappa shape index (κ3) is 4.27. The monoisotopic (exact) mass is 316 g/mol. The van der Waals surface area contributed by atoms with Gasteiger partial charge in [0.05, 0.1) is 16.4 Å². The summed E-state index contributed by atoms with van der Waals surface area (Å²) in [4.78, 5) is 5.75. The summed E-state index contributed by atoms with van der Waals surface area (Å²) >= 11 is 4.44. The van der Waals surface area contributed by atoms with Gasteiger partial charge in [-0.25, -0.2) is 0 Å². The highest BCUT2D eigenvalue weighted by molar-refractivity contribution is 7.78. The Labute approximate surface area is 126 Å². The Kier molecular flexibility index (Phi) is 4.98. The van der Waals surface area contributed by atoms with E-state index in [4.69, 9.17) is 4.74 Å². The number of alkyl halides is 3. The number of thiocarbonyl (C=S) groups is 1. The zero-order valence-corrected chi connectivity index (χ0v) is 12.3. The van der Waals surface area contributed by atoms with Crippen LogP contribution >= 0.6 is 12.2 Å². The molecule has 0 radical (unpaired) electrons. The van der Waals surface area contributed by atoms with Crippen molar-refractivity contribution in [3.63, 3.8) is 0 Å². The van der Waals surface area contributed by atoms with Gasteiger partial charge in [0.25, 0.3) is 0 Å². The van der Waals surface area contributed by atoms with Gasteiger partial charge in [0.1, 0.15) is 12.4 Å². The maximum absolute atomic E-state index is 12.8. The summed E-state index contributed by atoms with van der Waals surface area (Å²) in [5.41, 5.74) is -0.710. The number of hydrogen-bond donors (Lipinski definition) is 0. The van der Waals surface area contributed by atoms with Gasteiger partial charge in [0.15, 0.2) is 0 Å². The highest BCUT2D eigenvalue weighted by atomic mass is 32.1. The number of hydrogen-bond acceptors (Lipinski definition) is 4. The van der Waals surface area contributed by atoms with Gasteiger partial charge >= 0.3 is 6.18 Å². The number of benzene rings is 1. The smallest absolute Gasteiger partial charge is 0.416 e. The molecule has 1 atom stereocenters. The van der Waals surface area contributed by atoms with Crippen molar-refractivity contribution in [3.05, 3.63) is 23.8 Å². The molecule has 3 nitrogen and oxygen atoms in total. The number of likely N-dealkylation sites (tertiary alicyclic amines) is 1. The number of likely N-dealkylation sites (N-methyl/N-ethyl adjacent to an activating group) is 1. The molecule has 0 bridgehead atoms.